The van der Waals surface area contributed by atoms with Gasteiger partial charge in [-0.3, -0.25) is 19.2 Å². The fraction of sp³-hybridized carbons (Fsp3) is 0.500. The Balaban J connectivity index is 1.47. The van der Waals surface area contributed by atoms with E-state index in [0.29, 0.717) is 29.4 Å². The van der Waals surface area contributed by atoms with Gasteiger partial charge in [0.2, 0.25) is 17.7 Å². The van der Waals surface area contributed by atoms with Gasteiger partial charge in [-0.25, -0.2) is 0 Å². The lowest BCUT2D eigenvalue weighted by Crippen LogP contribution is -2.59. The number of fused-ring (bicyclic) bond motifs is 2. The van der Waals surface area contributed by atoms with Crippen LogP contribution in [0.2, 0.25) is 0 Å². The zero-order valence-corrected chi connectivity index (χ0v) is 31.3. The number of methoxy groups -OCH3 is 1. The summed E-state index contributed by atoms with van der Waals surface area (Å²) in [6.45, 7) is 2.45. The molecule has 2 fully saturated rings. The molecule has 0 unspecified atom stereocenters. The molecule has 11 nitrogen and oxygen atoms in total. The van der Waals surface area contributed by atoms with E-state index in [2.05, 4.69) is 28.2 Å². The number of allylic oxidation sites excluding steroid dienone is 1. The first-order chi connectivity index (χ1) is 25.2. The molecule has 1 spiro atoms. The van der Waals surface area contributed by atoms with E-state index in [1.54, 1.807) is 11.0 Å². The van der Waals surface area contributed by atoms with Crippen molar-refractivity contribution in [1.29, 1.82) is 0 Å². The van der Waals surface area contributed by atoms with Crippen LogP contribution in [0.5, 0.6) is 0 Å². The van der Waals surface area contributed by atoms with Crippen molar-refractivity contribution < 1.29 is 38.5 Å². The molecule has 4 heterocycles. The third kappa shape index (κ3) is 7.48. The first-order valence-electron chi connectivity index (χ1n) is 18.2. The second kappa shape index (κ2) is 16.9. The minimum Gasteiger partial charge on any atom is -0.455 e. The average molecular weight is 779 g/mol. The van der Waals surface area contributed by atoms with E-state index < -0.39 is 66.3 Å². The Bertz CT molecular complexity index is 1650. The SMILES string of the molecule is CCCCCN1C/C=C\CCC(=O)N[C@H](COC)[C@@H](c2ccccc2)OC(=O)[C@@H]2[C@H]3O[C@@]4(C=C3Br)[C@H](C1=O)N([C@@H](CO)Cc1ccccc1)C(=O)[C@@H]24. The van der Waals surface area contributed by atoms with E-state index in [9.17, 15) is 19.5 Å². The smallest absolute Gasteiger partial charge is 0.313 e. The number of nitrogens with zero attached hydrogens (tertiary/aromatic N) is 2. The lowest BCUT2D eigenvalue weighted by atomic mass is 9.74. The molecule has 0 aromatic heterocycles. The molecule has 0 saturated carbocycles. The van der Waals surface area contributed by atoms with E-state index in [0.717, 1.165) is 24.8 Å². The van der Waals surface area contributed by atoms with Gasteiger partial charge in [-0.1, -0.05) is 109 Å². The van der Waals surface area contributed by atoms with Crippen LogP contribution in [0.15, 0.2) is 83.4 Å². The molecule has 12 heteroatoms. The molecular formula is C40H48BrN3O8. The van der Waals surface area contributed by atoms with Gasteiger partial charge < -0.3 is 34.4 Å². The minimum atomic E-state index is -1.49. The number of halogens is 1. The molecule has 278 valence electrons. The first kappa shape index (κ1) is 37.9. The van der Waals surface area contributed by atoms with Gasteiger partial charge in [-0.05, 0) is 36.5 Å². The Kier molecular flexibility index (Phi) is 12.3. The highest BCUT2D eigenvalue weighted by molar-refractivity contribution is 9.11. The molecule has 2 saturated heterocycles. The molecule has 8 atom stereocenters. The monoisotopic (exact) mass is 777 g/mol. The number of carbonyl (C=O) groups excluding carboxylic acids is 4. The maximum absolute atomic E-state index is 15.0. The number of aliphatic hydroxyl groups excluding tert-OH is 1. The Morgan fingerprint density at radius 1 is 1.00 bits per heavy atom. The number of esters is 1. The van der Waals surface area contributed by atoms with Crippen LogP contribution in [0.3, 0.4) is 0 Å². The fourth-order valence-electron chi connectivity index (χ4n) is 8.18. The summed E-state index contributed by atoms with van der Waals surface area (Å²) in [6, 6.07) is 16.0. The van der Waals surface area contributed by atoms with E-state index in [1.807, 2.05) is 72.8 Å². The summed E-state index contributed by atoms with van der Waals surface area (Å²) in [5.74, 6) is -3.91. The standard InChI is InChI=1S/C40H48BrN3O8/c1-3-4-13-20-43-21-14-7-12-19-31(46)42-30(25-50-2)34(27-17-10-6-11-18-27)51-39(49)32-33-37(47)44(28(24-45)22-26-15-8-5-9-16-26)36(38(43)48)40(33)23-29(41)35(32)52-40/h5-11,14-18,23,28,30,32-36,45H,3-4,12-13,19-22,24-25H2,1-2H3,(H,42,46)/b14-7-/t28-,30-,32+,33-,34-,35+,36+,40-/m1/s1. The molecule has 5 bridgehead atoms. The molecule has 2 N–H and O–H groups in total. The molecule has 6 rings (SSSR count). The second-order valence-corrected chi connectivity index (χ2v) is 14.9. The van der Waals surface area contributed by atoms with Crippen molar-refractivity contribution in [2.24, 2.45) is 11.8 Å². The van der Waals surface area contributed by atoms with Crippen molar-refractivity contribution in [3.05, 3.63) is 94.5 Å². The van der Waals surface area contributed by atoms with Gasteiger partial charge >= 0.3 is 5.97 Å². The van der Waals surface area contributed by atoms with Crippen LogP contribution in [0.1, 0.15) is 56.3 Å². The van der Waals surface area contributed by atoms with Gasteiger partial charge in [-0.15, -0.1) is 0 Å². The van der Waals surface area contributed by atoms with Gasteiger partial charge in [0.05, 0.1) is 31.2 Å². The summed E-state index contributed by atoms with van der Waals surface area (Å²) in [5.41, 5.74) is 0.0408. The van der Waals surface area contributed by atoms with Gasteiger partial charge in [0.15, 0.2) is 0 Å². The second-order valence-electron chi connectivity index (χ2n) is 14.0. The first-order valence-corrected chi connectivity index (χ1v) is 19.0. The number of carbonyl (C=O) groups is 4. The molecule has 4 aliphatic rings. The summed E-state index contributed by atoms with van der Waals surface area (Å²) >= 11 is 3.63. The van der Waals surface area contributed by atoms with Crippen molar-refractivity contribution in [3.8, 4) is 0 Å². The Morgan fingerprint density at radius 2 is 1.73 bits per heavy atom. The van der Waals surface area contributed by atoms with Gasteiger partial charge in [0.1, 0.15) is 29.8 Å². The predicted octanol–water partition coefficient (Wildman–Crippen LogP) is 4.25. The zero-order chi connectivity index (χ0) is 36.8. The van der Waals surface area contributed by atoms with Crippen molar-refractivity contribution in [2.45, 2.75) is 81.4 Å². The minimum absolute atomic E-state index is 0.0592. The van der Waals surface area contributed by atoms with E-state index in [-0.39, 0.29) is 31.4 Å². The van der Waals surface area contributed by atoms with Crippen LogP contribution in [0, 0.1) is 11.8 Å². The van der Waals surface area contributed by atoms with E-state index >= 15 is 4.79 Å². The number of ether oxygens (including phenoxy) is 3. The number of unbranched alkanes of at least 4 members (excludes halogenated alkanes) is 2. The van der Waals surface area contributed by atoms with E-state index in [4.69, 9.17) is 14.2 Å². The highest BCUT2D eigenvalue weighted by Crippen LogP contribution is 2.59. The number of cyclic esters (lactones) is 1. The lowest BCUT2D eigenvalue weighted by molar-refractivity contribution is -0.163. The fourth-order valence-corrected chi connectivity index (χ4v) is 8.92. The van der Waals surface area contributed by atoms with Crippen molar-refractivity contribution >= 4 is 39.6 Å². The van der Waals surface area contributed by atoms with Crippen LogP contribution in [-0.2, 0) is 39.8 Å². The predicted molar refractivity (Wildman–Crippen MR) is 197 cm³/mol. The van der Waals surface area contributed by atoms with Gasteiger partial charge in [0, 0.05) is 31.1 Å². The Labute approximate surface area is 313 Å². The number of amides is 3. The molecule has 0 radical (unpaired) electrons. The highest BCUT2D eigenvalue weighted by atomic mass is 79.9. The number of hydrogen-bond donors (Lipinski definition) is 2. The van der Waals surface area contributed by atoms with Crippen LogP contribution in [-0.4, -0.2) is 102 Å². The topological polar surface area (TPSA) is 135 Å². The summed E-state index contributed by atoms with van der Waals surface area (Å²) in [4.78, 5) is 61.1. The number of nitrogens with one attached hydrogen (secondary N) is 1. The van der Waals surface area contributed by atoms with E-state index in [1.165, 1.54) is 12.0 Å². The highest BCUT2D eigenvalue weighted by Gasteiger charge is 2.75. The maximum Gasteiger partial charge on any atom is 0.313 e. The van der Waals surface area contributed by atoms with Crippen LogP contribution in [0.4, 0.5) is 0 Å². The summed E-state index contributed by atoms with van der Waals surface area (Å²) in [6.07, 6.45) is 7.22. The van der Waals surface area contributed by atoms with Crippen LogP contribution in [0.25, 0.3) is 0 Å². The van der Waals surface area contributed by atoms with Crippen molar-refractivity contribution in [2.75, 3.05) is 33.4 Å². The molecular weight excluding hydrogens is 730 g/mol. The number of aliphatic hydroxyl groups is 1. The largest absolute Gasteiger partial charge is 0.455 e. The quantitative estimate of drug-likeness (QED) is 0.197. The van der Waals surface area contributed by atoms with Gasteiger partial charge in [-0.2, -0.15) is 0 Å². The number of likely N-dealkylation sites (tertiary alicyclic amines) is 1. The summed E-state index contributed by atoms with van der Waals surface area (Å²) < 4.78 is 19.1. The van der Waals surface area contributed by atoms with Crippen LogP contribution < -0.4 is 5.32 Å². The lowest BCUT2D eigenvalue weighted by Gasteiger charge is -2.39. The van der Waals surface area contributed by atoms with Crippen molar-refractivity contribution in [1.82, 2.24) is 15.1 Å². The number of hydrogen-bond acceptors (Lipinski definition) is 8. The van der Waals surface area contributed by atoms with Gasteiger partial charge in [0.25, 0.3) is 0 Å². The number of rotatable bonds is 11. The molecule has 4 aliphatic heterocycles. The Morgan fingerprint density at radius 3 is 2.42 bits per heavy atom. The molecule has 0 aliphatic carbocycles. The normalized spacial score (nSPS) is 30.5. The summed E-state index contributed by atoms with van der Waals surface area (Å²) in [5, 5.41) is 13.9. The molecule has 52 heavy (non-hydrogen) atoms. The molecule has 2 aromatic carbocycles. The Hall–Kier alpha value is -3.84. The van der Waals surface area contributed by atoms with Crippen molar-refractivity contribution in [3.63, 3.8) is 0 Å². The third-order valence-corrected chi connectivity index (χ3v) is 11.3. The average Bonchev–Trinajstić information content (AvgIpc) is 3.75. The zero-order valence-electron chi connectivity index (χ0n) is 29.7. The molecule has 2 aromatic rings. The third-order valence-electron chi connectivity index (χ3n) is 10.6. The number of benzene rings is 2. The molecule has 3 amide bonds. The summed E-state index contributed by atoms with van der Waals surface area (Å²) in [7, 11) is 1.51. The van der Waals surface area contributed by atoms with Crippen LogP contribution >= 0.6 is 15.9 Å². The maximum atomic E-state index is 15.0.